The normalized spacial score (nSPS) is 15.8. The van der Waals surface area contributed by atoms with Gasteiger partial charge in [-0.25, -0.2) is 0 Å². The van der Waals surface area contributed by atoms with Crippen molar-refractivity contribution in [3.8, 4) is 0 Å². The third-order valence-corrected chi connectivity index (χ3v) is 3.56. The van der Waals surface area contributed by atoms with Crippen LogP contribution in [0.15, 0.2) is 18.2 Å². The highest BCUT2D eigenvalue weighted by atomic mass is 32.2. The van der Waals surface area contributed by atoms with Crippen LogP contribution >= 0.6 is 0 Å². The van der Waals surface area contributed by atoms with E-state index in [2.05, 4.69) is 5.32 Å². The molecule has 2 nitrogen and oxygen atoms in total. The van der Waals surface area contributed by atoms with Crippen molar-refractivity contribution in [2.45, 2.75) is 18.4 Å². The first-order valence-electron chi connectivity index (χ1n) is 5.72. The third kappa shape index (κ3) is 4.99. The number of rotatable bonds is 4. The molecule has 9 heteroatoms. The molecule has 21 heavy (non-hydrogen) atoms. The Bertz CT molecular complexity index is 493. The summed E-state index contributed by atoms with van der Waals surface area (Å²) >= 11 is 0. The fourth-order valence-electron chi connectivity index (χ4n) is 1.76. The molecule has 0 saturated heterocycles. The van der Waals surface area contributed by atoms with Gasteiger partial charge in [-0.15, -0.1) is 0 Å². The molecule has 1 rings (SSSR count). The van der Waals surface area contributed by atoms with Crippen molar-refractivity contribution in [1.82, 2.24) is 5.32 Å². The first-order chi connectivity index (χ1) is 9.45. The largest absolute Gasteiger partial charge is 0.416 e. The van der Waals surface area contributed by atoms with Crippen molar-refractivity contribution in [1.29, 1.82) is 0 Å². The van der Waals surface area contributed by atoms with E-state index in [0.29, 0.717) is 12.1 Å². The van der Waals surface area contributed by atoms with E-state index in [0.717, 1.165) is 0 Å². The predicted octanol–water partition coefficient (Wildman–Crippen LogP) is 3.36. The number of alkyl halides is 6. The second kappa shape index (κ2) is 6.35. The van der Waals surface area contributed by atoms with Crippen molar-refractivity contribution in [3.05, 3.63) is 34.9 Å². The number of benzene rings is 1. The highest BCUT2D eigenvalue weighted by molar-refractivity contribution is 7.84. The standard InChI is InChI=1S/C12H13F6NOS/c1-19-10(6-21(2)20)7-3-8(11(13,14)15)5-9(4-7)12(16,17)18/h3-5,10,19H,6H2,1-2H3. The molecule has 2 unspecified atom stereocenters. The molecule has 0 radical (unpaired) electrons. The topological polar surface area (TPSA) is 29.1 Å². The summed E-state index contributed by atoms with van der Waals surface area (Å²) in [4.78, 5) is 0. The minimum Gasteiger partial charge on any atom is -0.312 e. The molecule has 1 N–H and O–H groups in total. The molecular formula is C12H13F6NOS. The van der Waals surface area contributed by atoms with Gasteiger partial charge in [0.1, 0.15) is 0 Å². The van der Waals surface area contributed by atoms with Gasteiger partial charge >= 0.3 is 12.4 Å². The van der Waals surface area contributed by atoms with Crippen LogP contribution in [0.5, 0.6) is 0 Å². The summed E-state index contributed by atoms with van der Waals surface area (Å²) in [5, 5.41) is 2.58. The summed E-state index contributed by atoms with van der Waals surface area (Å²) < 4.78 is 87.5. The molecule has 0 heterocycles. The molecule has 0 aliphatic heterocycles. The molecule has 2 atom stereocenters. The molecule has 0 spiro atoms. The van der Waals surface area contributed by atoms with E-state index in [9.17, 15) is 30.6 Å². The highest BCUT2D eigenvalue weighted by Gasteiger charge is 2.37. The number of hydrogen-bond acceptors (Lipinski definition) is 2. The molecule has 1 aromatic rings. The average Bonchev–Trinajstić information content (AvgIpc) is 2.33. The summed E-state index contributed by atoms with van der Waals surface area (Å²) in [6.45, 7) is 0. The van der Waals surface area contributed by atoms with Gasteiger partial charge in [0, 0.05) is 28.9 Å². The molecule has 120 valence electrons. The SMILES string of the molecule is CNC(CS(C)=O)c1cc(C(F)(F)F)cc(C(F)(F)F)c1. The Hall–Kier alpha value is -1.09. The second-order valence-electron chi connectivity index (χ2n) is 4.42. The highest BCUT2D eigenvalue weighted by Crippen LogP contribution is 2.37. The Balaban J connectivity index is 3.40. The Morgan fingerprint density at radius 3 is 1.76 bits per heavy atom. The van der Waals surface area contributed by atoms with E-state index in [-0.39, 0.29) is 17.4 Å². The summed E-state index contributed by atoms with van der Waals surface area (Å²) in [5.74, 6) is -0.0882. The molecule has 0 fully saturated rings. The Morgan fingerprint density at radius 2 is 1.48 bits per heavy atom. The molecule has 0 aliphatic carbocycles. The lowest BCUT2D eigenvalue weighted by Crippen LogP contribution is -2.24. The Morgan fingerprint density at radius 1 is 1.05 bits per heavy atom. The monoisotopic (exact) mass is 333 g/mol. The van der Waals surface area contributed by atoms with Crippen molar-refractivity contribution >= 4 is 10.8 Å². The van der Waals surface area contributed by atoms with E-state index in [1.54, 1.807) is 0 Å². The number of hydrogen-bond donors (Lipinski definition) is 1. The minimum absolute atomic E-state index is 0.0686. The third-order valence-electron chi connectivity index (χ3n) is 2.76. The first kappa shape index (κ1) is 18.0. The van der Waals surface area contributed by atoms with Crippen molar-refractivity contribution in [2.24, 2.45) is 0 Å². The van der Waals surface area contributed by atoms with Gasteiger partial charge in [-0.1, -0.05) is 0 Å². The van der Waals surface area contributed by atoms with Crippen molar-refractivity contribution < 1.29 is 30.6 Å². The quantitative estimate of drug-likeness (QED) is 0.856. The van der Waals surface area contributed by atoms with E-state index in [4.69, 9.17) is 0 Å². The molecule has 0 aliphatic rings. The summed E-state index contributed by atoms with van der Waals surface area (Å²) in [7, 11) is 0.00347. The average molecular weight is 333 g/mol. The zero-order valence-electron chi connectivity index (χ0n) is 11.1. The van der Waals surface area contributed by atoms with Crippen LogP contribution in [0.25, 0.3) is 0 Å². The van der Waals surface area contributed by atoms with Crippen LogP contribution in [0.4, 0.5) is 26.3 Å². The first-order valence-corrected chi connectivity index (χ1v) is 7.44. The fraction of sp³-hybridized carbons (Fsp3) is 0.500. The van der Waals surface area contributed by atoms with Gasteiger partial charge in [-0.2, -0.15) is 26.3 Å². The van der Waals surface area contributed by atoms with Crippen LogP contribution in [0.1, 0.15) is 22.7 Å². The van der Waals surface area contributed by atoms with Crippen LogP contribution in [-0.4, -0.2) is 23.3 Å². The van der Waals surface area contributed by atoms with E-state index < -0.39 is 40.3 Å². The summed E-state index contributed by atoms with van der Waals surface area (Å²) in [6.07, 6.45) is -8.46. The molecule has 0 bridgehead atoms. The van der Waals surface area contributed by atoms with Gasteiger partial charge < -0.3 is 5.32 Å². The molecule has 0 aromatic heterocycles. The van der Waals surface area contributed by atoms with Crippen LogP contribution in [-0.2, 0) is 23.2 Å². The van der Waals surface area contributed by atoms with Crippen LogP contribution in [0, 0.1) is 0 Å². The van der Waals surface area contributed by atoms with Gasteiger partial charge in [0.2, 0.25) is 0 Å². The summed E-state index contributed by atoms with van der Waals surface area (Å²) in [5.41, 5.74) is -2.96. The Labute approximate surface area is 120 Å². The Kier molecular flexibility index (Phi) is 5.43. The lowest BCUT2D eigenvalue weighted by atomic mass is 10.0. The van der Waals surface area contributed by atoms with Crippen LogP contribution in [0.3, 0.4) is 0 Å². The lowest BCUT2D eigenvalue weighted by molar-refractivity contribution is -0.143. The van der Waals surface area contributed by atoms with Crippen LogP contribution in [0.2, 0.25) is 0 Å². The van der Waals surface area contributed by atoms with E-state index >= 15 is 0 Å². The zero-order chi connectivity index (χ0) is 16.4. The van der Waals surface area contributed by atoms with Gasteiger partial charge in [0.05, 0.1) is 11.1 Å². The number of nitrogens with one attached hydrogen (secondary N) is 1. The van der Waals surface area contributed by atoms with E-state index in [1.807, 2.05) is 0 Å². The van der Waals surface area contributed by atoms with Gasteiger partial charge in [0.25, 0.3) is 0 Å². The maximum absolute atomic E-state index is 12.7. The lowest BCUT2D eigenvalue weighted by Gasteiger charge is -2.19. The minimum atomic E-state index is -4.89. The maximum atomic E-state index is 12.7. The second-order valence-corrected chi connectivity index (χ2v) is 5.90. The van der Waals surface area contributed by atoms with Crippen molar-refractivity contribution in [3.63, 3.8) is 0 Å². The smallest absolute Gasteiger partial charge is 0.312 e. The van der Waals surface area contributed by atoms with E-state index in [1.165, 1.54) is 13.3 Å². The van der Waals surface area contributed by atoms with Crippen molar-refractivity contribution in [2.75, 3.05) is 19.1 Å². The molecule has 1 aromatic carbocycles. The summed E-state index contributed by atoms with van der Waals surface area (Å²) in [6, 6.07) is 0.491. The van der Waals surface area contributed by atoms with Gasteiger partial charge in [-0.05, 0) is 30.8 Å². The predicted molar refractivity (Wildman–Crippen MR) is 67.2 cm³/mol. The molecule has 0 amide bonds. The molecule has 0 saturated carbocycles. The van der Waals surface area contributed by atoms with Crippen LogP contribution < -0.4 is 5.32 Å². The zero-order valence-corrected chi connectivity index (χ0v) is 11.9. The fourth-order valence-corrected chi connectivity index (χ4v) is 2.59. The maximum Gasteiger partial charge on any atom is 0.416 e. The molecular weight excluding hydrogens is 320 g/mol. The number of halogens is 6. The van der Waals surface area contributed by atoms with Gasteiger partial charge in [-0.3, -0.25) is 4.21 Å². The van der Waals surface area contributed by atoms with Gasteiger partial charge in [0.15, 0.2) is 0 Å².